The largest absolute Gasteiger partial charge is 0.317 e. The van der Waals surface area contributed by atoms with Crippen molar-refractivity contribution in [3.8, 4) is 0 Å². The molecule has 2 heteroatoms. The Bertz CT molecular complexity index is 139. The fourth-order valence-electron chi connectivity index (χ4n) is 1.71. The van der Waals surface area contributed by atoms with E-state index in [0.29, 0.717) is 6.04 Å². The summed E-state index contributed by atoms with van der Waals surface area (Å²) in [5.74, 6) is 0. The van der Waals surface area contributed by atoms with Gasteiger partial charge >= 0.3 is 0 Å². The predicted molar refractivity (Wildman–Crippen MR) is 53.3 cm³/mol. The second-order valence-electron chi connectivity index (χ2n) is 3.62. The number of piperidine rings is 1. The number of hydrogen-bond acceptors (Lipinski definition) is 2. The first kappa shape index (κ1) is 9.75. The Hall–Kier alpha value is -0.340. The van der Waals surface area contributed by atoms with Gasteiger partial charge in [-0.05, 0) is 39.9 Å². The molecule has 1 atom stereocenters. The van der Waals surface area contributed by atoms with Gasteiger partial charge in [0.1, 0.15) is 0 Å². The van der Waals surface area contributed by atoms with E-state index in [1.165, 1.54) is 25.9 Å². The zero-order valence-corrected chi connectivity index (χ0v) is 8.21. The summed E-state index contributed by atoms with van der Waals surface area (Å²) in [6.07, 6.45) is 4.56. The van der Waals surface area contributed by atoms with Gasteiger partial charge in [0.05, 0.1) is 0 Å². The molecule has 0 saturated carbocycles. The van der Waals surface area contributed by atoms with Crippen LogP contribution < -0.4 is 5.32 Å². The standard InChI is InChI=1S/C10H20N2/c1-4-9(2)12(3)10-5-7-11-8-6-10/h4,9-11H,1,5-8H2,2-3H3. The molecule has 0 aromatic carbocycles. The first-order chi connectivity index (χ1) is 5.75. The summed E-state index contributed by atoms with van der Waals surface area (Å²) in [6.45, 7) is 8.35. The van der Waals surface area contributed by atoms with E-state index < -0.39 is 0 Å². The Kier molecular flexibility index (Phi) is 3.76. The van der Waals surface area contributed by atoms with Gasteiger partial charge in [-0.15, -0.1) is 6.58 Å². The highest BCUT2D eigenvalue weighted by molar-refractivity contribution is 4.87. The van der Waals surface area contributed by atoms with E-state index in [0.717, 1.165) is 6.04 Å². The summed E-state index contributed by atoms with van der Waals surface area (Å²) in [4.78, 5) is 2.42. The third-order valence-corrected chi connectivity index (χ3v) is 2.87. The summed E-state index contributed by atoms with van der Waals surface area (Å²) in [6, 6.07) is 1.26. The first-order valence-electron chi connectivity index (χ1n) is 4.81. The molecule has 1 heterocycles. The molecule has 0 bridgehead atoms. The molecule has 1 aliphatic heterocycles. The van der Waals surface area contributed by atoms with Gasteiger partial charge in [0, 0.05) is 12.1 Å². The van der Waals surface area contributed by atoms with E-state index >= 15 is 0 Å². The number of rotatable bonds is 3. The zero-order chi connectivity index (χ0) is 8.97. The molecule has 0 aromatic heterocycles. The second kappa shape index (κ2) is 4.63. The van der Waals surface area contributed by atoms with Crippen LogP contribution in [0.15, 0.2) is 12.7 Å². The van der Waals surface area contributed by atoms with Crippen molar-refractivity contribution in [3.05, 3.63) is 12.7 Å². The monoisotopic (exact) mass is 168 g/mol. The van der Waals surface area contributed by atoms with Crippen molar-refractivity contribution < 1.29 is 0 Å². The molecular weight excluding hydrogens is 148 g/mol. The van der Waals surface area contributed by atoms with Crippen molar-refractivity contribution in [1.29, 1.82) is 0 Å². The van der Waals surface area contributed by atoms with E-state index in [1.54, 1.807) is 0 Å². The van der Waals surface area contributed by atoms with E-state index in [4.69, 9.17) is 0 Å². The summed E-state index contributed by atoms with van der Waals surface area (Å²) in [5, 5.41) is 3.37. The van der Waals surface area contributed by atoms with E-state index in [9.17, 15) is 0 Å². The molecular formula is C10H20N2. The maximum absolute atomic E-state index is 3.82. The molecule has 1 rings (SSSR count). The lowest BCUT2D eigenvalue weighted by atomic mass is 10.0. The van der Waals surface area contributed by atoms with Crippen molar-refractivity contribution in [2.45, 2.75) is 31.8 Å². The number of likely N-dealkylation sites (N-methyl/N-ethyl adjacent to an activating group) is 1. The quantitative estimate of drug-likeness (QED) is 0.638. The molecule has 1 unspecified atom stereocenters. The maximum Gasteiger partial charge on any atom is 0.0247 e. The fraction of sp³-hybridized carbons (Fsp3) is 0.800. The molecule has 12 heavy (non-hydrogen) atoms. The molecule has 0 aliphatic carbocycles. The predicted octanol–water partition coefficient (Wildman–Crippen LogP) is 1.24. The smallest absolute Gasteiger partial charge is 0.0247 e. The second-order valence-corrected chi connectivity index (χ2v) is 3.62. The molecule has 0 spiro atoms. The molecule has 0 radical (unpaired) electrons. The Morgan fingerprint density at radius 1 is 1.50 bits per heavy atom. The Balaban J connectivity index is 2.38. The summed E-state index contributed by atoms with van der Waals surface area (Å²) in [7, 11) is 2.20. The Labute approximate surface area is 75.6 Å². The average molecular weight is 168 g/mol. The maximum atomic E-state index is 3.82. The van der Waals surface area contributed by atoms with Crippen LogP contribution >= 0.6 is 0 Å². The summed E-state index contributed by atoms with van der Waals surface area (Å²) < 4.78 is 0. The molecule has 2 nitrogen and oxygen atoms in total. The zero-order valence-electron chi connectivity index (χ0n) is 8.21. The summed E-state index contributed by atoms with van der Waals surface area (Å²) >= 11 is 0. The third-order valence-electron chi connectivity index (χ3n) is 2.87. The van der Waals surface area contributed by atoms with Gasteiger partial charge in [-0.25, -0.2) is 0 Å². The molecule has 0 aromatic rings. The minimum Gasteiger partial charge on any atom is -0.317 e. The van der Waals surface area contributed by atoms with Crippen LogP contribution in [0.1, 0.15) is 19.8 Å². The number of nitrogens with zero attached hydrogens (tertiary/aromatic N) is 1. The van der Waals surface area contributed by atoms with Crippen LogP contribution in [-0.2, 0) is 0 Å². The molecule has 1 saturated heterocycles. The van der Waals surface area contributed by atoms with Crippen LogP contribution in [0.5, 0.6) is 0 Å². The number of hydrogen-bond donors (Lipinski definition) is 1. The van der Waals surface area contributed by atoms with Crippen LogP contribution in [0.25, 0.3) is 0 Å². The lowest BCUT2D eigenvalue weighted by molar-refractivity contribution is 0.175. The van der Waals surface area contributed by atoms with Crippen LogP contribution in [0.4, 0.5) is 0 Å². The highest BCUT2D eigenvalue weighted by Gasteiger charge is 2.19. The highest BCUT2D eigenvalue weighted by atomic mass is 15.2. The topological polar surface area (TPSA) is 15.3 Å². The SMILES string of the molecule is C=CC(C)N(C)C1CCNCC1. The normalized spacial score (nSPS) is 22.6. The molecule has 1 aliphatic rings. The van der Waals surface area contributed by atoms with Crippen LogP contribution in [0.3, 0.4) is 0 Å². The van der Waals surface area contributed by atoms with Gasteiger partial charge in [0.15, 0.2) is 0 Å². The Morgan fingerprint density at radius 3 is 2.58 bits per heavy atom. The van der Waals surface area contributed by atoms with Crippen molar-refractivity contribution in [2.75, 3.05) is 20.1 Å². The summed E-state index contributed by atoms with van der Waals surface area (Å²) in [5.41, 5.74) is 0. The van der Waals surface area contributed by atoms with Gasteiger partial charge < -0.3 is 5.32 Å². The van der Waals surface area contributed by atoms with E-state index in [1.807, 2.05) is 6.08 Å². The van der Waals surface area contributed by atoms with Crippen LogP contribution in [-0.4, -0.2) is 37.1 Å². The first-order valence-corrected chi connectivity index (χ1v) is 4.81. The lowest BCUT2D eigenvalue weighted by Crippen LogP contribution is -2.44. The molecule has 70 valence electrons. The van der Waals surface area contributed by atoms with Gasteiger partial charge in [-0.3, -0.25) is 4.90 Å². The van der Waals surface area contributed by atoms with Crippen LogP contribution in [0.2, 0.25) is 0 Å². The van der Waals surface area contributed by atoms with Crippen LogP contribution in [0, 0.1) is 0 Å². The fourth-order valence-corrected chi connectivity index (χ4v) is 1.71. The number of nitrogens with one attached hydrogen (secondary N) is 1. The van der Waals surface area contributed by atoms with Gasteiger partial charge in [0.25, 0.3) is 0 Å². The van der Waals surface area contributed by atoms with E-state index in [-0.39, 0.29) is 0 Å². The van der Waals surface area contributed by atoms with Crippen molar-refractivity contribution in [2.24, 2.45) is 0 Å². The van der Waals surface area contributed by atoms with Gasteiger partial charge in [0.2, 0.25) is 0 Å². The Morgan fingerprint density at radius 2 is 2.08 bits per heavy atom. The third kappa shape index (κ3) is 2.32. The van der Waals surface area contributed by atoms with Crippen molar-refractivity contribution >= 4 is 0 Å². The molecule has 1 N–H and O–H groups in total. The highest BCUT2D eigenvalue weighted by Crippen LogP contribution is 2.12. The molecule has 1 fully saturated rings. The van der Waals surface area contributed by atoms with Gasteiger partial charge in [-0.1, -0.05) is 6.08 Å². The van der Waals surface area contributed by atoms with Gasteiger partial charge in [-0.2, -0.15) is 0 Å². The molecule has 0 amide bonds. The van der Waals surface area contributed by atoms with Crippen molar-refractivity contribution in [3.63, 3.8) is 0 Å². The minimum absolute atomic E-state index is 0.507. The van der Waals surface area contributed by atoms with E-state index in [2.05, 4.69) is 30.8 Å². The van der Waals surface area contributed by atoms with Crippen molar-refractivity contribution in [1.82, 2.24) is 10.2 Å². The average Bonchev–Trinajstić information content (AvgIpc) is 2.17. The lowest BCUT2D eigenvalue weighted by Gasteiger charge is -2.34. The minimum atomic E-state index is 0.507.